The minimum absolute atomic E-state index is 0.194. The molecule has 0 fully saturated rings. The van der Waals surface area contributed by atoms with Crippen LogP contribution in [0.3, 0.4) is 0 Å². The summed E-state index contributed by atoms with van der Waals surface area (Å²) in [5.41, 5.74) is 2.02. The Hall–Kier alpha value is -3.00. The predicted octanol–water partition coefficient (Wildman–Crippen LogP) is 2.44. The number of nitrogens with one attached hydrogen (secondary N) is 1. The Morgan fingerprint density at radius 3 is 2.23 bits per heavy atom. The van der Waals surface area contributed by atoms with E-state index >= 15 is 0 Å². The number of carbonyl (C=O) groups is 1. The number of hydrogen-bond donors (Lipinski definition) is 1. The first-order chi connectivity index (χ1) is 12.3. The van der Waals surface area contributed by atoms with Crippen LogP contribution in [0.4, 0.5) is 4.39 Å². The summed E-state index contributed by atoms with van der Waals surface area (Å²) < 4.78 is 38.0. The van der Waals surface area contributed by atoms with Gasteiger partial charge in [-0.15, -0.1) is 0 Å². The van der Waals surface area contributed by atoms with E-state index in [1.54, 1.807) is 30.3 Å². The average molecular weight is 373 g/mol. The van der Waals surface area contributed by atoms with Crippen LogP contribution in [0.25, 0.3) is 16.9 Å². The van der Waals surface area contributed by atoms with Crippen LogP contribution >= 0.6 is 0 Å². The highest BCUT2D eigenvalue weighted by atomic mass is 32.2. The van der Waals surface area contributed by atoms with Crippen LogP contribution in [0.1, 0.15) is 10.5 Å². The lowest BCUT2D eigenvalue weighted by molar-refractivity contribution is 0.0957. The van der Waals surface area contributed by atoms with E-state index in [0.29, 0.717) is 16.9 Å². The van der Waals surface area contributed by atoms with Crippen molar-refractivity contribution >= 4 is 15.7 Å². The van der Waals surface area contributed by atoms with E-state index < -0.39 is 9.84 Å². The standard InChI is InChI=1S/C18H16FN3O3S/c1-20-18(23)16-11-17(12-3-9-15(10-4-12)26(2,24)25)22(21-16)14-7-5-13(19)6-8-14/h3-11H,1-2H3,(H,20,23). The van der Waals surface area contributed by atoms with E-state index in [9.17, 15) is 17.6 Å². The van der Waals surface area contributed by atoms with Gasteiger partial charge in [-0.25, -0.2) is 17.5 Å². The van der Waals surface area contributed by atoms with Crippen molar-refractivity contribution in [1.82, 2.24) is 15.1 Å². The van der Waals surface area contributed by atoms with Gasteiger partial charge >= 0.3 is 0 Å². The molecule has 0 radical (unpaired) electrons. The summed E-state index contributed by atoms with van der Waals surface area (Å²) in [6, 6.07) is 13.5. The molecule has 1 amide bonds. The Kier molecular flexibility index (Phi) is 4.60. The molecule has 1 heterocycles. The van der Waals surface area contributed by atoms with Crippen LogP contribution < -0.4 is 5.32 Å². The number of benzene rings is 2. The summed E-state index contributed by atoms with van der Waals surface area (Å²) in [5, 5.41) is 6.80. The molecule has 3 aromatic rings. The zero-order chi connectivity index (χ0) is 18.9. The lowest BCUT2D eigenvalue weighted by Crippen LogP contribution is -2.18. The van der Waals surface area contributed by atoms with Crippen LogP contribution in [0, 0.1) is 5.82 Å². The fourth-order valence-electron chi connectivity index (χ4n) is 2.48. The highest BCUT2D eigenvalue weighted by Crippen LogP contribution is 2.25. The van der Waals surface area contributed by atoms with E-state index in [-0.39, 0.29) is 22.3 Å². The summed E-state index contributed by atoms with van der Waals surface area (Å²) in [6.07, 6.45) is 1.13. The highest BCUT2D eigenvalue weighted by molar-refractivity contribution is 7.90. The van der Waals surface area contributed by atoms with Crippen LogP contribution in [-0.4, -0.2) is 37.4 Å². The third-order valence-corrected chi connectivity index (χ3v) is 4.95. The first-order valence-electron chi connectivity index (χ1n) is 7.68. The minimum Gasteiger partial charge on any atom is -0.354 e. The van der Waals surface area contributed by atoms with Gasteiger partial charge in [-0.05, 0) is 42.5 Å². The van der Waals surface area contributed by atoms with E-state index in [4.69, 9.17) is 0 Å². The van der Waals surface area contributed by atoms with Crippen molar-refractivity contribution in [2.75, 3.05) is 13.3 Å². The first kappa shape index (κ1) is 17.8. The van der Waals surface area contributed by atoms with Crippen molar-refractivity contribution in [2.45, 2.75) is 4.90 Å². The zero-order valence-electron chi connectivity index (χ0n) is 14.1. The highest BCUT2D eigenvalue weighted by Gasteiger charge is 2.16. The Bertz CT molecular complexity index is 1060. The summed E-state index contributed by atoms with van der Waals surface area (Å²) in [5.74, 6) is -0.744. The monoisotopic (exact) mass is 373 g/mol. The van der Waals surface area contributed by atoms with Gasteiger partial charge in [-0.3, -0.25) is 4.79 Å². The zero-order valence-corrected chi connectivity index (χ0v) is 14.9. The molecule has 0 aliphatic carbocycles. The normalized spacial score (nSPS) is 11.3. The van der Waals surface area contributed by atoms with Crippen molar-refractivity contribution in [3.05, 3.63) is 66.1 Å². The second-order valence-electron chi connectivity index (χ2n) is 5.68. The second kappa shape index (κ2) is 6.72. The van der Waals surface area contributed by atoms with Crippen molar-refractivity contribution < 1.29 is 17.6 Å². The van der Waals surface area contributed by atoms with Gasteiger partial charge in [0.05, 0.1) is 16.3 Å². The predicted molar refractivity (Wildman–Crippen MR) is 95.5 cm³/mol. The van der Waals surface area contributed by atoms with Crippen LogP contribution in [-0.2, 0) is 9.84 Å². The van der Waals surface area contributed by atoms with Crippen molar-refractivity contribution in [3.8, 4) is 16.9 Å². The lowest BCUT2D eigenvalue weighted by atomic mass is 10.1. The molecule has 0 spiro atoms. The molecule has 3 rings (SSSR count). The molecule has 0 saturated heterocycles. The van der Waals surface area contributed by atoms with Gasteiger partial charge in [-0.1, -0.05) is 12.1 Å². The molecule has 26 heavy (non-hydrogen) atoms. The first-order valence-corrected chi connectivity index (χ1v) is 9.57. The molecular formula is C18H16FN3O3S. The smallest absolute Gasteiger partial charge is 0.271 e. The lowest BCUT2D eigenvalue weighted by Gasteiger charge is -2.08. The molecule has 134 valence electrons. The van der Waals surface area contributed by atoms with Crippen molar-refractivity contribution in [3.63, 3.8) is 0 Å². The van der Waals surface area contributed by atoms with Gasteiger partial charge in [0.2, 0.25) is 0 Å². The molecule has 2 aromatic carbocycles. The molecule has 0 bridgehead atoms. The quantitative estimate of drug-likeness (QED) is 0.762. The number of halogens is 1. The van der Waals surface area contributed by atoms with Crippen molar-refractivity contribution in [1.29, 1.82) is 0 Å². The summed E-state index contributed by atoms with van der Waals surface area (Å²) in [4.78, 5) is 12.2. The van der Waals surface area contributed by atoms with Gasteiger partial charge in [0, 0.05) is 18.9 Å². The average Bonchev–Trinajstić information content (AvgIpc) is 3.06. The number of amides is 1. The molecule has 1 aromatic heterocycles. The number of aromatic nitrogens is 2. The van der Waals surface area contributed by atoms with Crippen LogP contribution in [0.15, 0.2) is 59.5 Å². The maximum atomic E-state index is 13.2. The van der Waals surface area contributed by atoms with Gasteiger partial charge in [0.25, 0.3) is 5.91 Å². The van der Waals surface area contributed by atoms with Gasteiger partial charge in [0.15, 0.2) is 15.5 Å². The molecular weight excluding hydrogens is 357 g/mol. The largest absolute Gasteiger partial charge is 0.354 e. The summed E-state index contributed by atoms with van der Waals surface area (Å²) in [7, 11) is -1.81. The fourth-order valence-corrected chi connectivity index (χ4v) is 3.11. The number of rotatable bonds is 4. The minimum atomic E-state index is -3.31. The Balaban J connectivity index is 2.14. The van der Waals surface area contributed by atoms with E-state index in [1.807, 2.05) is 0 Å². The number of nitrogens with zero attached hydrogens (tertiary/aromatic N) is 2. The van der Waals surface area contributed by atoms with Crippen LogP contribution in [0.5, 0.6) is 0 Å². The third-order valence-electron chi connectivity index (χ3n) is 3.82. The second-order valence-corrected chi connectivity index (χ2v) is 7.69. The topological polar surface area (TPSA) is 81.1 Å². The van der Waals surface area contributed by atoms with E-state index in [1.165, 1.54) is 36.0 Å². The Labute approximate surface area is 150 Å². The molecule has 0 saturated carbocycles. The fraction of sp³-hybridized carbons (Fsp3) is 0.111. The summed E-state index contributed by atoms with van der Waals surface area (Å²) >= 11 is 0. The molecule has 6 nitrogen and oxygen atoms in total. The molecule has 0 unspecified atom stereocenters. The van der Waals surface area contributed by atoms with Gasteiger partial charge in [0.1, 0.15) is 5.82 Å². The van der Waals surface area contributed by atoms with E-state index in [2.05, 4.69) is 10.4 Å². The van der Waals surface area contributed by atoms with E-state index in [0.717, 1.165) is 6.26 Å². The maximum Gasteiger partial charge on any atom is 0.271 e. The Morgan fingerprint density at radius 1 is 1.08 bits per heavy atom. The molecule has 0 atom stereocenters. The molecule has 8 heteroatoms. The number of hydrogen-bond acceptors (Lipinski definition) is 4. The number of sulfone groups is 1. The molecule has 1 N–H and O–H groups in total. The molecule has 0 aliphatic rings. The van der Waals surface area contributed by atoms with Crippen molar-refractivity contribution in [2.24, 2.45) is 0 Å². The molecule has 0 aliphatic heterocycles. The maximum absolute atomic E-state index is 13.2. The SMILES string of the molecule is CNC(=O)c1cc(-c2ccc(S(C)(=O)=O)cc2)n(-c2ccc(F)cc2)n1. The van der Waals surface area contributed by atoms with Crippen LogP contribution in [0.2, 0.25) is 0 Å². The van der Waals surface area contributed by atoms with Gasteiger partial charge in [-0.2, -0.15) is 5.10 Å². The van der Waals surface area contributed by atoms with Gasteiger partial charge < -0.3 is 5.32 Å². The Morgan fingerprint density at radius 2 is 1.69 bits per heavy atom. The number of carbonyl (C=O) groups excluding carboxylic acids is 1. The summed E-state index contributed by atoms with van der Waals surface area (Å²) in [6.45, 7) is 0. The third kappa shape index (κ3) is 3.50.